The average Bonchev–Trinajstić information content (AvgIpc) is 2.28. The second-order valence-corrected chi connectivity index (χ2v) is 4.37. The van der Waals surface area contributed by atoms with Crippen molar-refractivity contribution in [3.63, 3.8) is 0 Å². The summed E-state index contributed by atoms with van der Waals surface area (Å²) in [6.45, 7) is 2.21. The van der Waals surface area contributed by atoms with E-state index in [1.807, 2.05) is 0 Å². The predicted molar refractivity (Wildman–Crippen MR) is 69.9 cm³/mol. The maximum absolute atomic E-state index is 11.7. The maximum Gasteiger partial charge on any atom is 0.337 e. The third-order valence-corrected chi connectivity index (χ3v) is 2.83. The largest absolute Gasteiger partial charge is 0.478 e. The van der Waals surface area contributed by atoms with Crippen LogP contribution in [0.25, 0.3) is 0 Å². The Morgan fingerprint density at radius 2 is 2.17 bits per heavy atom. The fourth-order valence-electron chi connectivity index (χ4n) is 1.41. The monoisotopic (exact) mass is 270 g/mol. The van der Waals surface area contributed by atoms with Crippen molar-refractivity contribution >= 4 is 29.2 Å². The summed E-state index contributed by atoms with van der Waals surface area (Å²) in [7, 11) is 0. The molecule has 1 amide bonds. The van der Waals surface area contributed by atoms with Gasteiger partial charge in [-0.2, -0.15) is 0 Å². The first kappa shape index (κ1) is 14.5. The van der Waals surface area contributed by atoms with Gasteiger partial charge in [-0.1, -0.05) is 18.5 Å². The van der Waals surface area contributed by atoms with E-state index in [1.54, 1.807) is 6.92 Å². The number of rotatable bonds is 5. The highest BCUT2D eigenvalue weighted by Crippen LogP contribution is 2.21. The normalized spacial score (nSPS) is 11.9. The van der Waals surface area contributed by atoms with Gasteiger partial charge in [0.2, 0.25) is 5.91 Å². The lowest BCUT2D eigenvalue weighted by Gasteiger charge is -2.11. The van der Waals surface area contributed by atoms with Gasteiger partial charge in [-0.05, 0) is 31.2 Å². The minimum absolute atomic E-state index is 0.00433. The Morgan fingerprint density at radius 3 is 2.67 bits per heavy atom. The topological polar surface area (TPSA) is 92.4 Å². The molecular weight excluding hydrogens is 256 g/mol. The fourth-order valence-corrected chi connectivity index (χ4v) is 1.67. The molecule has 1 atom stereocenters. The van der Waals surface area contributed by atoms with E-state index in [0.717, 1.165) is 0 Å². The number of carbonyl (C=O) groups is 2. The van der Waals surface area contributed by atoms with Crippen LogP contribution in [0.1, 0.15) is 23.7 Å². The van der Waals surface area contributed by atoms with Crippen LogP contribution in [0.2, 0.25) is 5.02 Å². The minimum atomic E-state index is -1.10. The molecule has 18 heavy (non-hydrogen) atoms. The Morgan fingerprint density at radius 1 is 1.50 bits per heavy atom. The van der Waals surface area contributed by atoms with Crippen LogP contribution < -0.4 is 11.1 Å². The molecule has 1 unspecified atom stereocenters. The first-order chi connectivity index (χ1) is 8.45. The number of carboxylic acids is 1. The van der Waals surface area contributed by atoms with Crippen molar-refractivity contribution in [1.82, 2.24) is 0 Å². The molecular formula is C12H15ClN2O3. The molecule has 1 aromatic carbocycles. The third kappa shape index (κ3) is 3.72. The number of nitrogens with two attached hydrogens (primary N) is 1. The Balaban J connectivity index is 2.77. The molecule has 98 valence electrons. The molecule has 0 bridgehead atoms. The van der Waals surface area contributed by atoms with Crippen molar-refractivity contribution in [3.8, 4) is 0 Å². The number of halogens is 1. The van der Waals surface area contributed by atoms with Gasteiger partial charge in [-0.15, -0.1) is 0 Å². The first-order valence-corrected chi connectivity index (χ1v) is 5.87. The van der Waals surface area contributed by atoms with Crippen molar-refractivity contribution in [2.24, 2.45) is 11.7 Å². The molecule has 4 N–H and O–H groups in total. The molecule has 0 saturated heterocycles. The highest BCUT2D eigenvalue weighted by molar-refractivity contribution is 6.33. The summed E-state index contributed by atoms with van der Waals surface area (Å²) in [6, 6.07) is 4.27. The second kappa shape index (κ2) is 6.37. The van der Waals surface area contributed by atoms with Crippen molar-refractivity contribution in [2.45, 2.75) is 13.3 Å². The smallest absolute Gasteiger partial charge is 0.337 e. The SMILES string of the molecule is CC(CCN)C(=O)Nc1ccc(C(=O)O)c(Cl)c1. The Hall–Kier alpha value is -1.59. The fraction of sp³-hybridized carbons (Fsp3) is 0.333. The number of amides is 1. The van der Waals surface area contributed by atoms with Crippen LogP contribution in [0, 0.1) is 5.92 Å². The Kier molecular flexibility index (Phi) is 5.12. The van der Waals surface area contributed by atoms with Gasteiger partial charge < -0.3 is 16.2 Å². The van der Waals surface area contributed by atoms with E-state index >= 15 is 0 Å². The molecule has 0 fully saturated rings. The summed E-state index contributed by atoms with van der Waals surface area (Å²) in [5.74, 6) is -1.47. The van der Waals surface area contributed by atoms with Crippen LogP contribution in [0.4, 0.5) is 5.69 Å². The molecule has 0 heterocycles. The minimum Gasteiger partial charge on any atom is -0.478 e. The van der Waals surface area contributed by atoms with Crippen LogP contribution in [0.3, 0.4) is 0 Å². The van der Waals surface area contributed by atoms with Crippen molar-refractivity contribution in [1.29, 1.82) is 0 Å². The summed E-state index contributed by atoms with van der Waals surface area (Å²) < 4.78 is 0. The number of anilines is 1. The molecule has 0 aliphatic carbocycles. The standard InChI is InChI=1S/C12H15ClN2O3/c1-7(4-5-14)11(16)15-8-2-3-9(12(17)18)10(13)6-8/h2-3,6-7H,4-5,14H2,1H3,(H,15,16)(H,17,18). The number of hydrogen-bond acceptors (Lipinski definition) is 3. The van der Waals surface area contributed by atoms with E-state index in [2.05, 4.69) is 5.32 Å². The molecule has 0 aliphatic heterocycles. The van der Waals surface area contributed by atoms with Crippen molar-refractivity contribution < 1.29 is 14.7 Å². The molecule has 6 heteroatoms. The van der Waals surface area contributed by atoms with Crippen molar-refractivity contribution in [2.75, 3.05) is 11.9 Å². The van der Waals surface area contributed by atoms with Crippen molar-refractivity contribution in [3.05, 3.63) is 28.8 Å². The third-order valence-electron chi connectivity index (χ3n) is 2.51. The number of carboxylic acid groups (broad SMARTS) is 1. The van der Waals surface area contributed by atoms with Gasteiger partial charge in [0.25, 0.3) is 0 Å². The van der Waals surface area contributed by atoms with Crippen LogP contribution in [0.15, 0.2) is 18.2 Å². The molecule has 5 nitrogen and oxygen atoms in total. The van der Waals surface area contributed by atoms with E-state index in [-0.39, 0.29) is 22.4 Å². The number of nitrogens with one attached hydrogen (secondary N) is 1. The van der Waals surface area contributed by atoms with Crippen LogP contribution in [-0.2, 0) is 4.79 Å². The van der Waals surface area contributed by atoms with E-state index in [4.69, 9.17) is 22.4 Å². The predicted octanol–water partition coefficient (Wildman–Crippen LogP) is 1.96. The van der Waals surface area contributed by atoms with E-state index in [9.17, 15) is 9.59 Å². The first-order valence-electron chi connectivity index (χ1n) is 5.49. The summed E-state index contributed by atoms with van der Waals surface area (Å²) in [6.07, 6.45) is 0.590. The highest BCUT2D eigenvalue weighted by atomic mass is 35.5. The quantitative estimate of drug-likeness (QED) is 0.762. The van der Waals surface area contributed by atoms with Gasteiger partial charge in [0, 0.05) is 11.6 Å². The lowest BCUT2D eigenvalue weighted by atomic mass is 10.1. The van der Waals surface area contributed by atoms with Crippen LogP contribution in [0.5, 0.6) is 0 Å². The number of aromatic carboxylic acids is 1. The second-order valence-electron chi connectivity index (χ2n) is 3.97. The van der Waals surface area contributed by atoms with E-state index in [0.29, 0.717) is 18.7 Å². The average molecular weight is 271 g/mol. The zero-order valence-electron chi connectivity index (χ0n) is 9.94. The highest BCUT2D eigenvalue weighted by Gasteiger charge is 2.14. The van der Waals surface area contributed by atoms with E-state index in [1.165, 1.54) is 18.2 Å². The molecule has 0 aromatic heterocycles. The number of carbonyl (C=O) groups excluding carboxylic acids is 1. The number of benzene rings is 1. The zero-order valence-corrected chi connectivity index (χ0v) is 10.7. The van der Waals surface area contributed by atoms with Gasteiger partial charge in [0.05, 0.1) is 10.6 Å². The molecule has 1 aromatic rings. The molecule has 0 radical (unpaired) electrons. The molecule has 1 rings (SSSR count). The lowest BCUT2D eigenvalue weighted by molar-refractivity contribution is -0.119. The van der Waals surface area contributed by atoms with Gasteiger partial charge in [-0.25, -0.2) is 4.79 Å². The summed E-state index contributed by atoms with van der Waals surface area (Å²) in [5, 5.41) is 11.6. The molecule has 0 spiro atoms. The van der Waals surface area contributed by atoms with Crippen LogP contribution >= 0.6 is 11.6 Å². The zero-order chi connectivity index (χ0) is 13.7. The summed E-state index contributed by atoms with van der Waals surface area (Å²) in [5.41, 5.74) is 5.85. The van der Waals surface area contributed by atoms with Crippen LogP contribution in [-0.4, -0.2) is 23.5 Å². The van der Waals surface area contributed by atoms with Gasteiger partial charge in [0.15, 0.2) is 0 Å². The van der Waals surface area contributed by atoms with Gasteiger partial charge in [-0.3, -0.25) is 4.79 Å². The van der Waals surface area contributed by atoms with Gasteiger partial charge in [0.1, 0.15) is 0 Å². The van der Waals surface area contributed by atoms with E-state index < -0.39 is 5.97 Å². The molecule has 0 aliphatic rings. The Labute approximate surface area is 110 Å². The maximum atomic E-state index is 11.7. The summed E-state index contributed by atoms with van der Waals surface area (Å²) >= 11 is 5.80. The molecule has 0 saturated carbocycles. The van der Waals surface area contributed by atoms with Gasteiger partial charge >= 0.3 is 5.97 Å². The number of hydrogen-bond donors (Lipinski definition) is 3. The Bertz CT molecular complexity index is 463. The summed E-state index contributed by atoms with van der Waals surface area (Å²) in [4.78, 5) is 22.5. The lowest BCUT2D eigenvalue weighted by Crippen LogP contribution is -2.22.